The van der Waals surface area contributed by atoms with Crippen molar-refractivity contribution in [2.45, 2.75) is 58.2 Å². The number of carbonyl (C=O) groups is 2. The van der Waals surface area contributed by atoms with Gasteiger partial charge in [0.05, 0.1) is 0 Å². The molecule has 1 saturated heterocycles. The molecule has 0 aliphatic carbocycles. The van der Waals surface area contributed by atoms with E-state index < -0.39 is 11.1 Å². The van der Waals surface area contributed by atoms with Crippen molar-refractivity contribution in [3.8, 4) is 0 Å². The zero-order valence-electron chi connectivity index (χ0n) is 13.1. The first-order chi connectivity index (χ1) is 9.87. The summed E-state index contributed by atoms with van der Waals surface area (Å²) in [5.74, 6) is -0.103. The van der Waals surface area contributed by atoms with Gasteiger partial charge in [-0.15, -0.1) is 0 Å². The van der Waals surface area contributed by atoms with Crippen LogP contribution in [-0.4, -0.2) is 32.8 Å². The minimum absolute atomic E-state index is 0.0224. The fourth-order valence-electron chi connectivity index (χ4n) is 2.59. The molecule has 0 saturated carbocycles. The van der Waals surface area contributed by atoms with Crippen LogP contribution in [-0.2, 0) is 16.1 Å². The molecular formula is C16H23N3O2. The van der Waals surface area contributed by atoms with Crippen LogP contribution in [0.5, 0.6) is 0 Å². The maximum absolute atomic E-state index is 12.9. The van der Waals surface area contributed by atoms with Crippen molar-refractivity contribution in [1.82, 2.24) is 15.2 Å². The van der Waals surface area contributed by atoms with Crippen molar-refractivity contribution < 1.29 is 9.59 Å². The van der Waals surface area contributed by atoms with E-state index >= 15 is 0 Å². The summed E-state index contributed by atoms with van der Waals surface area (Å²) in [5.41, 5.74) is -0.653. The first-order valence-electron chi connectivity index (χ1n) is 7.41. The van der Waals surface area contributed by atoms with Gasteiger partial charge in [-0.25, -0.2) is 0 Å². The highest BCUT2D eigenvalue weighted by atomic mass is 16.2. The molecule has 0 aromatic carbocycles. The number of amides is 2. The van der Waals surface area contributed by atoms with Crippen molar-refractivity contribution in [3.63, 3.8) is 0 Å². The van der Waals surface area contributed by atoms with E-state index in [0.29, 0.717) is 19.4 Å². The SMILES string of the molecule is CCC1(C)NC(=O)C(C)(CC)N(Cc2ccncc2)C1=O. The number of piperazine rings is 1. The fourth-order valence-corrected chi connectivity index (χ4v) is 2.59. The fraction of sp³-hybridized carbons (Fsp3) is 0.562. The first-order valence-corrected chi connectivity index (χ1v) is 7.41. The van der Waals surface area contributed by atoms with Crippen molar-refractivity contribution in [2.75, 3.05) is 0 Å². The predicted molar refractivity (Wildman–Crippen MR) is 80.3 cm³/mol. The molecule has 2 heterocycles. The Bertz CT molecular complexity index is 546. The second-order valence-corrected chi connectivity index (χ2v) is 6.01. The molecule has 1 aromatic heterocycles. The van der Waals surface area contributed by atoms with E-state index in [9.17, 15) is 9.59 Å². The molecule has 1 fully saturated rings. The number of nitrogens with one attached hydrogen (secondary N) is 1. The Labute approximate surface area is 125 Å². The molecule has 5 nitrogen and oxygen atoms in total. The molecule has 2 amide bonds. The van der Waals surface area contributed by atoms with E-state index in [0.717, 1.165) is 5.56 Å². The van der Waals surface area contributed by atoms with Crippen molar-refractivity contribution in [1.29, 1.82) is 0 Å². The summed E-state index contributed by atoms with van der Waals surface area (Å²) < 4.78 is 0. The quantitative estimate of drug-likeness (QED) is 0.920. The third kappa shape index (κ3) is 2.52. The first kappa shape index (κ1) is 15.5. The Hall–Kier alpha value is -1.91. The average Bonchev–Trinajstić information content (AvgIpc) is 2.50. The number of carbonyl (C=O) groups excluding carboxylic acids is 2. The molecular weight excluding hydrogens is 266 g/mol. The Kier molecular flexibility index (Phi) is 4.03. The van der Waals surface area contributed by atoms with E-state index in [1.54, 1.807) is 24.2 Å². The summed E-state index contributed by atoms with van der Waals surface area (Å²) in [6.07, 6.45) is 4.55. The smallest absolute Gasteiger partial charge is 0.249 e. The molecule has 0 bridgehead atoms. The molecule has 0 spiro atoms. The summed E-state index contributed by atoms with van der Waals surface area (Å²) in [4.78, 5) is 31.2. The van der Waals surface area contributed by atoms with Gasteiger partial charge in [-0.2, -0.15) is 0 Å². The van der Waals surface area contributed by atoms with Gasteiger partial charge in [0.1, 0.15) is 11.1 Å². The molecule has 1 aliphatic rings. The van der Waals surface area contributed by atoms with E-state index in [1.165, 1.54) is 0 Å². The highest BCUT2D eigenvalue weighted by Gasteiger charge is 2.52. The zero-order chi connectivity index (χ0) is 15.7. The molecule has 1 N–H and O–H groups in total. The largest absolute Gasteiger partial charge is 0.340 e. The van der Waals surface area contributed by atoms with Gasteiger partial charge >= 0.3 is 0 Å². The lowest BCUT2D eigenvalue weighted by atomic mass is 9.84. The van der Waals surface area contributed by atoms with Gasteiger partial charge in [-0.1, -0.05) is 13.8 Å². The second kappa shape index (κ2) is 5.47. The van der Waals surface area contributed by atoms with Gasteiger partial charge in [0.25, 0.3) is 0 Å². The highest BCUT2D eigenvalue weighted by molar-refractivity contribution is 6.01. The molecule has 2 rings (SSSR count). The maximum Gasteiger partial charge on any atom is 0.249 e. The molecule has 1 aliphatic heterocycles. The molecule has 114 valence electrons. The monoisotopic (exact) mass is 289 g/mol. The van der Waals surface area contributed by atoms with Gasteiger partial charge in [0.2, 0.25) is 11.8 Å². The number of rotatable bonds is 4. The summed E-state index contributed by atoms with van der Waals surface area (Å²) in [6.45, 7) is 7.89. The number of aromatic nitrogens is 1. The minimum atomic E-state index is -0.821. The molecule has 21 heavy (non-hydrogen) atoms. The summed E-state index contributed by atoms with van der Waals surface area (Å²) >= 11 is 0. The van der Waals surface area contributed by atoms with E-state index in [2.05, 4.69) is 10.3 Å². The number of hydrogen-bond acceptors (Lipinski definition) is 3. The summed E-state index contributed by atoms with van der Waals surface area (Å²) in [6, 6.07) is 3.75. The Morgan fingerprint density at radius 1 is 1.14 bits per heavy atom. The number of nitrogens with zero attached hydrogens (tertiary/aromatic N) is 2. The van der Waals surface area contributed by atoms with E-state index in [1.807, 2.05) is 32.9 Å². The topological polar surface area (TPSA) is 62.3 Å². The second-order valence-electron chi connectivity index (χ2n) is 6.01. The normalized spacial score (nSPS) is 29.4. The van der Waals surface area contributed by atoms with Gasteiger partial charge in [0, 0.05) is 18.9 Å². The van der Waals surface area contributed by atoms with Crippen LogP contribution in [0.3, 0.4) is 0 Å². The molecule has 2 atom stereocenters. The lowest BCUT2D eigenvalue weighted by molar-refractivity contribution is -0.162. The standard InChI is InChI=1S/C16H23N3O2/c1-5-15(3)14(21)19(11-12-7-9-17-10-8-12)16(4,6-2)13(20)18-15/h7-10H,5-6,11H2,1-4H3,(H,18,20). The lowest BCUT2D eigenvalue weighted by Crippen LogP contribution is -2.73. The van der Waals surface area contributed by atoms with Gasteiger partial charge in [-0.3, -0.25) is 14.6 Å². The number of hydrogen-bond donors (Lipinski definition) is 1. The van der Waals surface area contributed by atoms with E-state index in [4.69, 9.17) is 0 Å². The lowest BCUT2D eigenvalue weighted by Gasteiger charge is -2.49. The molecule has 2 unspecified atom stereocenters. The molecule has 1 aromatic rings. The number of pyridine rings is 1. The van der Waals surface area contributed by atoms with Crippen LogP contribution >= 0.6 is 0 Å². The molecule has 0 radical (unpaired) electrons. The maximum atomic E-state index is 12.9. The van der Waals surface area contributed by atoms with Crippen LogP contribution in [0, 0.1) is 0 Å². The van der Waals surface area contributed by atoms with Crippen LogP contribution in [0.4, 0.5) is 0 Å². The third-order valence-electron chi connectivity index (χ3n) is 4.68. The summed E-state index contributed by atoms with van der Waals surface area (Å²) in [7, 11) is 0. The van der Waals surface area contributed by atoms with Crippen LogP contribution in [0.15, 0.2) is 24.5 Å². The summed E-state index contributed by atoms with van der Waals surface area (Å²) in [5, 5.41) is 2.91. The minimum Gasteiger partial charge on any atom is -0.340 e. The van der Waals surface area contributed by atoms with Crippen LogP contribution in [0.2, 0.25) is 0 Å². The Morgan fingerprint density at radius 3 is 2.29 bits per heavy atom. The Balaban J connectivity index is 2.40. The van der Waals surface area contributed by atoms with E-state index in [-0.39, 0.29) is 11.8 Å². The van der Waals surface area contributed by atoms with Crippen LogP contribution in [0.1, 0.15) is 46.1 Å². The van der Waals surface area contributed by atoms with Gasteiger partial charge in [-0.05, 0) is 44.4 Å². The Morgan fingerprint density at radius 2 is 1.76 bits per heavy atom. The van der Waals surface area contributed by atoms with Crippen molar-refractivity contribution in [2.24, 2.45) is 0 Å². The highest BCUT2D eigenvalue weighted by Crippen LogP contribution is 2.31. The van der Waals surface area contributed by atoms with Crippen LogP contribution < -0.4 is 5.32 Å². The third-order valence-corrected chi connectivity index (χ3v) is 4.68. The zero-order valence-corrected chi connectivity index (χ0v) is 13.1. The van der Waals surface area contributed by atoms with Crippen LogP contribution in [0.25, 0.3) is 0 Å². The predicted octanol–water partition coefficient (Wildman–Crippen LogP) is 1.88. The van der Waals surface area contributed by atoms with Gasteiger partial charge in [0.15, 0.2) is 0 Å². The van der Waals surface area contributed by atoms with Crippen molar-refractivity contribution >= 4 is 11.8 Å². The van der Waals surface area contributed by atoms with Crippen molar-refractivity contribution in [3.05, 3.63) is 30.1 Å². The van der Waals surface area contributed by atoms with Gasteiger partial charge < -0.3 is 10.2 Å². The molecule has 5 heteroatoms. The average molecular weight is 289 g/mol.